The number of non-ortho nitro benzene ring substituents is 1. The van der Waals surface area contributed by atoms with Crippen molar-refractivity contribution in [2.24, 2.45) is 0 Å². The Bertz CT molecular complexity index is 793. The van der Waals surface area contributed by atoms with Crippen molar-refractivity contribution in [1.82, 2.24) is 9.88 Å². The molecule has 1 heterocycles. The average molecular weight is 324 g/mol. The highest BCUT2D eigenvalue weighted by Gasteiger charge is 2.22. The van der Waals surface area contributed by atoms with Gasteiger partial charge in [0.25, 0.3) is 11.6 Å². The highest BCUT2D eigenvalue weighted by molar-refractivity contribution is 6.32. The number of aliphatic carboxylic acids is 1. The Hall–Kier alpha value is -2.74. The minimum atomic E-state index is -1.18. The van der Waals surface area contributed by atoms with Crippen molar-refractivity contribution in [1.29, 1.82) is 0 Å². The predicted molar refractivity (Wildman–Crippen MR) is 78.0 cm³/mol. The molecule has 2 rings (SSSR count). The molecule has 0 aliphatic carbocycles. The van der Waals surface area contributed by atoms with Crippen LogP contribution in [-0.4, -0.2) is 45.4 Å². The zero-order valence-electron chi connectivity index (χ0n) is 11.3. The van der Waals surface area contributed by atoms with Gasteiger partial charge in [0, 0.05) is 29.7 Å². The van der Waals surface area contributed by atoms with E-state index in [4.69, 9.17) is 16.7 Å². The van der Waals surface area contributed by atoms with Gasteiger partial charge in [0.2, 0.25) is 0 Å². The fourth-order valence-electron chi connectivity index (χ4n) is 2.01. The second kappa shape index (κ2) is 5.94. The summed E-state index contributed by atoms with van der Waals surface area (Å²) in [4.78, 5) is 38.3. The van der Waals surface area contributed by atoms with Gasteiger partial charge in [-0.3, -0.25) is 24.7 Å². The number of carbonyl (C=O) groups excluding carboxylic acids is 1. The smallest absolute Gasteiger partial charge is 0.323 e. The van der Waals surface area contributed by atoms with Crippen LogP contribution in [0.15, 0.2) is 24.4 Å². The summed E-state index contributed by atoms with van der Waals surface area (Å²) in [5, 5.41) is 20.3. The lowest BCUT2D eigenvalue weighted by atomic mass is 10.1. The molecule has 22 heavy (non-hydrogen) atoms. The summed E-state index contributed by atoms with van der Waals surface area (Å²) in [5.41, 5.74) is -0.341. The number of rotatable bonds is 4. The topological polar surface area (TPSA) is 114 Å². The molecule has 0 aliphatic heterocycles. The summed E-state index contributed by atoms with van der Waals surface area (Å²) in [7, 11) is 1.30. The molecular weight excluding hydrogens is 314 g/mol. The minimum absolute atomic E-state index is 0.0853. The largest absolute Gasteiger partial charge is 0.480 e. The summed E-state index contributed by atoms with van der Waals surface area (Å²) in [6.45, 7) is -0.514. The number of carboxylic acids is 1. The number of amides is 1. The molecule has 9 heteroatoms. The zero-order valence-corrected chi connectivity index (χ0v) is 12.1. The van der Waals surface area contributed by atoms with Crippen LogP contribution < -0.4 is 0 Å². The van der Waals surface area contributed by atoms with E-state index in [1.54, 1.807) is 0 Å². The van der Waals surface area contributed by atoms with Crippen molar-refractivity contribution in [3.05, 3.63) is 45.2 Å². The molecule has 114 valence electrons. The van der Waals surface area contributed by atoms with Crippen LogP contribution in [0, 0.1) is 10.1 Å². The lowest BCUT2D eigenvalue weighted by Crippen LogP contribution is -2.32. The first-order valence-electron chi connectivity index (χ1n) is 6.01. The predicted octanol–water partition coefficient (Wildman–Crippen LogP) is 1.95. The van der Waals surface area contributed by atoms with Crippen molar-refractivity contribution in [2.75, 3.05) is 13.6 Å². The van der Waals surface area contributed by atoms with Gasteiger partial charge in [0.05, 0.1) is 10.3 Å². The Labute approximate surface area is 129 Å². The molecule has 0 aliphatic rings. The maximum Gasteiger partial charge on any atom is 0.323 e. The van der Waals surface area contributed by atoms with Crippen molar-refractivity contribution < 1.29 is 19.6 Å². The summed E-state index contributed by atoms with van der Waals surface area (Å²) in [6.07, 6.45) is 1.26. The van der Waals surface area contributed by atoms with Gasteiger partial charge in [-0.15, -0.1) is 0 Å². The van der Waals surface area contributed by atoms with Crippen LogP contribution in [-0.2, 0) is 4.79 Å². The summed E-state index contributed by atoms with van der Waals surface area (Å²) < 4.78 is 0. The van der Waals surface area contributed by atoms with E-state index < -0.39 is 23.3 Å². The standard InChI is InChI=1S/C13H10ClN3O5/c1-16(6-11(18)19)13(20)12-9-4-7(14)5-10(17(21)22)8(9)2-3-15-12/h2-5H,6H2,1H3,(H,18,19). The fourth-order valence-corrected chi connectivity index (χ4v) is 2.22. The molecule has 0 saturated heterocycles. The van der Waals surface area contributed by atoms with Crippen molar-refractivity contribution in [2.45, 2.75) is 0 Å². The lowest BCUT2D eigenvalue weighted by molar-refractivity contribution is -0.383. The number of likely N-dealkylation sites (N-methyl/N-ethyl adjacent to an activating group) is 1. The van der Waals surface area contributed by atoms with Gasteiger partial charge in [0.15, 0.2) is 0 Å². The molecule has 0 spiro atoms. The SMILES string of the molecule is CN(CC(=O)O)C(=O)c1nccc2c([N+](=O)[O-])cc(Cl)cc12. The summed E-state index contributed by atoms with van der Waals surface area (Å²) in [5.74, 6) is -1.84. The van der Waals surface area contributed by atoms with Crippen molar-refractivity contribution in [3.63, 3.8) is 0 Å². The Morgan fingerprint density at radius 1 is 1.41 bits per heavy atom. The van der Waals surface area contributed by atoms with Crippen LogP contribution in [0.3, 0.4) is 0 Å². The number of hydrogen-bond acceptors (Lipinski definition) is 5. The van der Waals surface area contributed by atoms with Crippen LogP contribution in [0.4, 0.5) is 5.69 Å². The number of pyridine rings is 1. The normalized spacial score (nSPS) is 10.5. The van der Waals surface area contributed by atoms with Crippen LogP contribution in [0.2, 0.25) is 5.02 Å². The Kier molecular flexibility index (Phi) is 4.22. The summed E-state index contributed by atoms with van der Waals surface area (Å²) >= 11 is 5.86. The third kappa shape index (κ3) is 2.96. The van der Waals surface area contributed by atoms with Crippen molar-refractivity contribution in [3.8, 4) is 0 Å². The third-order valence-corrected chi connectivity index (χ3v) is 3.16. The average Bonchev–Trinajstić information content (AvgIpc) is 2.44. The molecule has 0 radical (unpaired) electrons. The fraction of sp³-hybridized carbons (Fsp3) is 0.154. The number of nitro groups is 1. The van der Waals surface area contributed by atoms with E-state index in [1.807, 2.05) is 0 Å². The highest BCUT2D eigenvalue weighted by Crippen LogP contribution is 2.31. The van der Waals surface area contributed by atoms with Crippen LogP contribution in [0.25, 0.3) is 10.8 Å². The maximum atomic E-state index is 12.3. The van der Waals surface area contributed by atoms with Gasteiger partial charge in [-0.2, -0.15) is 0 Å². The molecule has 8 nitrogen and oxygen atoms in total. The molecule has 2 aromatic rings. The molecule has 0 saturated carbocycles. The Balaban J connectivity index is 2.63. The molecule has 1 aromatic heterocycles. The number of fused-ring (bicyclic) bond motifs is 1. The Morgan fingerprint density at radius 3 is 2.68 bits per heavy atom. The first kappa shape index (κ1) is 15.6. The number of aromatic nitrogens is 1. The molecule has 0 atom stereocenters. The van der Waals surface area contributed by atoms with E-state index in [-0.39, 0.29) is 27.2 Å². The van der Waals surface area contributed by atoms with Gasteiger partial charge in [0.1, 0.15) is 12.2 Å². The van der Waals surface area contributed by atoms with E-state index in [0.717, 1.165) is 4.90 Å². The Morgan fingerprint density at radius 2 is 2.09 bits per heavy atom. The number of benzene rings is 1. The second-order valence-corrected chi connectivity index (χ2v) is 4.93. The third-order valence-electron chi connectivity index (χ3n) is 2.94. The number of nitro benzene ring substituents is 1. The lowest BCUT2D eigenvalue weighted by Gasteiger charge is -2.15. The number of carboxylic acid groups (broad SMARTS) is 1. The van der Waals surface area contributed by atoms with Crippen molar-refractivity contribution >= 4 is 39.9 Å². The maximum absolute atomic E-state index is 12.3. The molecule has 0 bridgehead atoms. The van der Waals surface area contributed by atoms with E-state index in [2.05, 4.69) is 4.98 Å². The molecule has 0 fully saturated rings. The van der Waals surface area contributed by atoms with Gasteiger partial charge >= 0.3 is 5.97 Å². The summed E-state index contributed by atoms with van der Waals surface area (Å²) in [6, 6.07) is 3.97. The van der Waals surface area contributed by atoms with E-state index >= 15 is 0 Å². The van der Waals surface area contributed by atoms with E-state index in [9.17, 15) is 19.7 Å². The highest BCUT2D eigenvalue weighted by atomic mass is 35.5. The molecule has 1 N–H and O–H groups in total. The monoisotopic (exact) mass is 323 g/mol. The van der Waals surface area contributed by atoms with Gasteiger partial charge in [-0.1, -0.05) is 11.6 Å². The van der Waals surface area contributed by atoms with E-state index in [1.165, 1.54) is 31.4 Å². The zero-order chi connectivity index (χ0) is 16.4. The van der Waals surface area contributed by atoms with E-state index in [0.29, 0.717) is 0 Å². The van der Waals surface area contributed by atoms with Crippen LogP contribution in [0.5, 0.6) is 0 Å². The number of hydrogen-bond donors (Lipinski definition) is 1. The van der Waals surface area contributed by atoms with Crippen LogP contribution >= 0.6 is 11.6 Å². The second-order valence-electron chi connectivity index (χ2n) is 4.49. The molecule has 1 aromatic carbocycles. The number of halogens is 1. The number of carbonyl (C=O) groups is 2. The molecule has 1 amide bonds. The minimum Gasteiger partial charge on any atom is -0.480 e. The molecule has 0 unspecified atom stereocenters. The van der Waals surface area contributed by atoms with Gasteiger partial charge in [-0.25, -0.2) is 0 Å². The first-order chi connectivity index (χ1) is 10.3. The first-order valence-corrected chi connectivity index (χ1v) is 6.39. The molecular formula is C13H10ClN3O5. The quantitative estimate of drug-likeness (QED) is 0.679. The van der Waals surface area contributed by atoms with Gasteiger partial charge in [-0.05, 0) is 12.1 Å². The van der Waals surface area contributed by atoms with Crippen LogP contribution in [0.1, 0.15) is 10.5 Å². The number of nitrogens with zero attached hydrogens (tertiary/aromatic N) is 3. The van der Waals surface area contributed by atoms with Gasteiger partial charge < -0.3 is 10.0 Å².